The molecule has 26 heavy (non-hydrogen) atoms. The van der Waals surface area contributed by atoms with Crippen LogP contribution in [0.3, 0.4) is 0 Å². The van der Waals surface area contributed by atoms with Crippen LogP contribution in [-0.4, -0.2) is 66.8 Å². The third-order valence-electron chi connectivity index (χ3n) is 3.96. The number of benzene rings is 1. The Bertz CT molecular complexity index is 776. The van der Waals surface area contributed by atoms with E-state index in [0.717, 1.165) is 22.2 Å². The van der Waals surface area contributed by atoms with Gasteiger partial charge >= 0.3 is 0 Å². The van der Waals surface area contributed by atoms with Gasteiger partial charge in [-0.2, -0.15) is 0 Å². The molecule has 0 atom stereocenters. The molecule has 0 spiro atoms. The molecule has 2 saturated heterocycles. The first-order chi connectivity index (χ1) is 12.5. The summed E-state index contributed by atoms with van der Waals surface area (Å²) in [7, 11) is 1.46. The Morgan fingerprint density at radius 1 is 1.35 bits per heavy atom. The number of halogens is 1. The predicted molar refractivity (Wildman–Crippen MR) is 101 cm³/mol. The zero-order valence-electron chi connectivity index (χ0n) is 14.1. The van der Waals surface area contributed by atoms with Crippen LogP contribution in [0.5, 0.6) is 5.75 Å². The van der Waals surface area contributed by atoms with E-state index < -0.39 is 0 Å². The van der Waals surface area contributed by atoms with Gasteiger partial charge in [-0.1, -0.05) is 6.07 Å². The Balaban J connectivity index is 1.63. The molecule has 0 N–H and O–H groups in total. The zero-order chi connectivity index (χ0) is 18.7. The highest BCUT2D eigenvalue weighted by molar-refractivity contribution is 9.10. The van der Waals surface area contributed by atoms with Crippen LogP contribution in [0.4, 0.5) is 4.79 Å². The third-order valence-corrected chi connectivity index (χ3v) is 5.54. The van der Waals surface area contributed by atoms with E-state index in [4.69, 9.17) is 9.47 Å². The van der Waals surface area contributed by atoms with Gasteiger partial charge in [0.15, 0.2) is 6.61 Å². The number of likely N-dealkylation sites (N-methyl/N-ethyl adjacent to an activating group) is 1. The van der Waals surface area contributed by atoms with E-state index in [0.29, 0.717) is 41.4 Å². The van der Waals surface area contributed by atoms with E-state index in [1.165, 1.54) is 7.05 Å². The monoisotopic (exact) mass is 440 g/mol. The second-order valence-corrected chi connectivity index (χ2v) is 7.56. The Morgan fingerprint density at radius 2 is 2.08 bits per heavy atom. The third kappa shape index (κ3) is 4.28. The van der Waals surface area contributed by atoms with Gasteiger partial charge in [-0.25, -0.2) is 0 Å². The predicted octanol–water partition coefficient (Wildman–Crippen LogP) is 2.35. The first-order valence-corrected chi connectivity index (χ1v) is 9.56. The van der Waals surface area contributed by atoms with Gasteiger partial charge in [0.25, 0.3) is 17.1 Å². The summed E-state index contributed by atoms with van der Waals surface area (Å²) in [6.45, 7) is 2.20. The van der Waals surface area contributed by atoms with Crippen LogP contribution >= 0.6 is 27.7 Å². The van der Waals surface area contributed by atoms with Gasteiger partial charge in [0.1, 0.15) is 5.75 Å². The Hall–Kier alpha value is -1.84. The van der Waals surface area contributed by atoms with Crippen molar-refractivity contribution in [1.29, 1.82) is 0 Å². The lowest BCUT2D eigenvalue weighted by atomic mass is 10.2. The molecule has 138 valence electrons. The Labute approximate surface area is 163 Å². The van der Waals surface area contributed by atoms with Crippen molar-refractivity contribution in [3.8, 4) is 5.75 Å². The van der Waals surface area contributed by atoms with Crippen molar-refractivity contribution in [2.45, 2.75) is 0 Å². The van der Waals surface area contributed by atoms with Crippen molar-refractivity contribution in [2.75, 3.05) is 40.0 Å². The van der Waals surface area contributed by atoms with Crippen LogP contribution in [0.2, 0.25) is 0 Å². The molecule has 2 aliphatic rings. The highest BCUT2D eigenvalue weighted by Crippen LogP contribution is 2.33. The molecule has 3 amide bonds. The van der Waals surface area contributed by atoms with Crippen molar-refractivity contribution in [2.24, 2.45) is 0 Å². The maximum Gasteiger partial charge on any atom is 0.293 e. The summed E-state index contributed by atoms with van der Waals surface area (Å²) in [5.74, 6) is 0.140. The van der Waals surface area contributed by atoms with Crippen LogP contribution in [0.25, 0.3) is 6.08 Å². The molecule has 0 bridgehead atoms. The maximum absolute atomic E-state index is 12.1. The normalized spacial score (nSPS) is 19.4. The topological polar surface area (TPSA) is 76.2 Å². The number of nitrogens with zero attached hydrogens (tertiary/aromatic N) is 2. The van der Waals surface area contributed by atoms with E-state index in [-0.39, 0.29) is 23.7 Å². The quantitative estimate of drug-likeness (QED) is 0.668. The van der Waals surface area contributed by atoms with Crippen LogP contribution in [-0.2, 0) is 14.3 Å². The van der Waals surface area contributed by atoms with Crippen molar-refractivity contribution in [1.82, 2.24) is 9.80 Å². The van der Waals surface area contributed by atoms with Gasteiger partial charge in [0, 0.05) is 20.1 Å². The van der Waals surface area contributed by atoms with Gasteiger partial charge < -0.3 is 14.4 Å². The maximum atomic E-state index is 12.1. The van der Waals surface area contributed by atoms with Crippen LogP contribution in [0, 0.1) is 0 Å². The average molecular weight is 441 g/mol. The number of hydrogen-bond acceptors (Lipinski definition) is 6. The molecule has 9 heteroatoms. The van der Waals surface area contributed by atoms with E-state index in [1.54, 1.807) is 29.2 Å². The minimum Gasteiger partial charge on any atom is -0.483 e. The summed E-state index contributed by atoms with van der Waals surface area (Å²) in [4.78, 5) is 38.8. The lowest BCUT2D eigenvalue weighted by Gasteiger charge is -2.26. The van der Waals surface area contributed by atoms with Crippen molar-refractivity contribution in [3.63, 3.8) is 0 Å². The molecule has 0 aliphatic carbocycles. The summed E-state index contributed by atoms with van der Waals surface area (Å²) < 4.78 is 11.5. The molecule has 0 saturated carbocycles. The number of hydrogen-bond donors (Lipinski definition) is 0. The highest BCUT2D eigenvalue weighted by Gasteiger charge is 2.31. The van der Waals surface area contributed by atoms with Gasteiger partial charge in [-0.05, 0) is 51.5 Å². The van der Waals surface area contributed by atoms with Crippen LogP contribution in [0.1, 0.15) is 5.56 Å². The summed E-state index contributed by atoms with van der Waals surface area (Å²) in [5, 5.41) is -0.290. The molecule has 7 nitrogen and oxygen atoms in total. The average Bonchev–Trinajstić information content (AvgIpc) is 2.88. The number of amides is 3. The molecule has 2 heterocycles. The van der Waals surface area contributed by atoms with Crippen LogP contribution in [0.15, 0.2) is 27.6 Å². The molecular weight excluding hydrogens is 424 g/mol. The van der Waals surface area contributed by atoms with E-state index >= 15 is 0 Å². The molecule has 2 aliphatic heterocycles. The van der Waals surface area contributed by atoms with Gasteiger partial charge in [-0.3, -0.25) is 19.3 Å². The number of carbonyl (C=O) groups is 3. The summed E-state index contributed by atoms with van der Waals surface area (Å²) in [6.07, 6.45) is 1.65. The van der Waals surface area contributed by atoms with Crippen molar-refractivity contribution >= 4 is 50.8 Å². The first-order valence-electron chi connectivity index (χ1n) is 7.95. The summed E-state index contributed by atoms with van der Waals surface area (Å²) in [5.41, 5.74) is 0.752. The molecule has 0 unspecified atom stereocenters. The SMILES string of the molecule is CN1C(=O)SC(=Cc2ccc(OCC(=O)N3CCOCC3)c(Br)c2)C1=O. The Morgan fingerprint density at radius 3 is 2.69 bits per heavy atom. The fourth-order valence-electron chi connectivity index (χ4n) is 2.46. The first kappa shape index (κ1) is 18.9. The van der Waals surface area contributed by atoms with Gasteiger partial charge in [-0.15, -0.1) is 0 Å². The fraction of sp³-hybridized carbons (Fsp3) is 0.353. The van der Waals surface area contributed by atoms with Gasteiger partial charge in [0.2, 0.25) is 0 Å². The molecule has 0 radical (unpaired) electrons. The van der Waals surface area contributed by atoms with Crippen molar-refractivity contribution in [3.05, 3.63) is 33.1 Å². The number of morpholine rings is 1. The number of rotatable bonds is 4. The molecule has 1 aromatic rings. The number of ether oxygens (including phenoxy) is 2. The second-order valence-electron chi connectivity index (χ2n) is 5.71. The Kier molecular flexibility index (Phi) is 6.00. The highest BCUT2D eigenvalue weighted by atomic mass is 79.9. The number of imide groups is 1. The molecule has 1 aromatic carbocycles. The standard InChI is InChI=1S/C17H17BrN2O5S/c1-19-16(22)14(26-17(19)23)9-11-2-3-13(12(18)8-11)25-10-15(21)20-4-6-24-7-5-20/h2-3,8-9H,4-7,10H2,1H3. The summed E-state index contributed by atoms with van der Waals surface area (Å²) >= 11 is 4.32. The molecular formula is C17H17BrN2O5S. The number of thioether (sulfide) groups is 1. The summed E-state index contributed by atoms with van der Waals surface area (Å²) in [6, 6.07) is 5.26. The number of carbonyl (C=O) groups excluding carboxylic acids is 3. The lowest BCUT2D eigenvalue weighted by molar-refractivity contribution is -0.137. The minimum atomic E-state index is -0.312. The molecule has 0 aromatic heterocycles. The van der Waals surface area contributed by atoms with Crippen molar-refractivity contribution < 1.29 is 23.9 Å². The molecule has 2 fully saturated rings. The van der Waals surface area contributed by atoms with Gasteiger partial charge in [0.05, 0.1) is 22.6 Å². The smallest absolute Gasteiger partial charge is 0.293 e. The molecule has 3 rings (SSSR count). The minimum absolute atomic E-state index is 0.0489. The van der Waals surface area contributed by atoms with Crippen LogP contribution < -0.4 is 4.74 Å². The lowest BCUT2D eigenvalue weighted by Crippen LogP contribution is -2.43. The zero-order valence-corrected chi connectivity index (χ0v) is 16.5. The van der Waals surface area contributed by atoms with E-state index in [2.05, 4.69) is 15.9 Å². The van der Waals surface area contributed by atoms with E-state index in [1.807, 2.05) is 0 Å². The fourth-order valence-corrected chi connectivity index (χ4v) is 3.80. The van der Waals surface area contributed by atoms with E-state index in [9.17, 15) is 14.4 Å². The largest absolute Gasteiger partial charge is 0.483 e. The second kappa shape index (κ2) is 8.24.